The van der Waals surface area contributed by atoms with Crippen LogP contribution in [0.3, 0.4) is 0 Å². The van der Waals surface area contributed by atoms with E-state index in [9.17, 15) is 13.2 Å². The van der Waals surface area contributed by atoms with Gasteiger partial charge in [0.25, 0.3) is 5.91 Å². The number of aryl methyl sites for hydroxylation is 2. The first-order valence-electron chi connectivity index (χ1n) is 7.02. The highest BCUT2D eigenvalue weighted by atomic mass is 32.2. The summed E-state index contributed by atoms with van der Waals surface area (Å²) in [5.74, 6) is -0.259. The van der Waals surface area contributed by atoms with E-state index in [1.54, 1.807) is 12.1 Å². The van der Waals surface area contributed by atoms with Gasteiger partial charge in [-0.3, -0.25) is 4.79 Å². The Morgan fingerprint density at radius 2 is 1.70 bits per heavy atom. The molecule has 2 aromatic carbocycles. The topological polar surface area (TPSA) is 89.3 Å². The summed E-state index contributed by atoms with van der Waals surface area (Å²) in [6.07, 6.45) is 1.76. The van der Waals surface area contributed by atoms with Crippen molar-refractivity contribution in [3.63, 3.8) is 0 Å². The van der Waals surface area contributed by atoms with Gasteiger partial charge in [0.05, 0.1) is 4.90 Å². The Kier molecular flexibility index (Phi) is 3.58. The molecular formula is C17H16N2O3S. The zero-order valence-electron chi connectivity index (χ0n) is 12.8. The standard InChI is InChI=1S/C17H16N2O3S/c1-10-5-11(2)7-12(6-10)8-15-14-9-13(23(18,21)22)3-4-16(14)19-17(15)20/h3-9H,1-2H3,(H,19,20)(H2,18,21,22)/b15-8+. The summed E-state index contributed by atoms with van der Waals surface area (Å²) in [6.45, 7) is 3.97. The summed E-state index contributed by atoms with van der Waals surface area (Å²) in [5, 5.41) is 7.90. The first-order chi connectivity index (χ1) is 10.7. The van der Waals surface area contributed by atoms with Crippen LogP contribution < -0.4 is 10.5 Å². The quantitative estimate of drug-likeness (QED) is 0.830. The van der Waals surface area contributed by atoms with Gasteiger partial charge in [-0.2, -0.15) is 0 Å². The van der Waals surface area contributed by atoms with E-state index in [0.29, 0.717) is 16.8 Å². The van der Waals surface area contributed by atoms with Crippen LogP contribution in [0.4, 0.5) is 5.69 Å². The third kappa shape index (κ3) is 3.04. The van der Waals surface area contributed by atoms with Gasteiger partial charge in [0, 0.05) is 16.8 Å². The van der Waals surface area contributed by atoms with Crippen molar-refractivity contribution in [2.75, 3.05) is 5.32 Å². The molecule has 0 aliphatic carbocycles. The Morgan fingerprint density at radius 3 is 2.30 bits per heavy atom. The molecule has 3 rings (SSSR count). The molecule has 1 aliphatic heterocycles. The van der Waals surface area contributed by atoms with Gasteiger partial charge in [-0.1, -0.05) is 29.3 Å². The van der Waals surface area contributed by atoms with Gasteiger partial charge in [0.2, 0.25) is 10.0 Å². The van der Waals surface area contributed by atoms with E-state index in [1.165, 1.54) is 12.1 Å². The Bertz CT molecular complexity index is 940. The Morgan fingerprint density at radius 1 is 1.04 bits per heavy atom. The second kappa shape index (κ2) is 5.33. The SMILES string of the molecule is Cc1cc(C)cc(/C=C2/C(=O)Nc3ccc(S(N)(=O)=O)cc32)c1. The normalized spacial score (nSPS) is 15.6. The molecule has 0 bridgehead atoms. The molecule has 0 atom stereocenters. The van der Waals surface area contributed by atoms with E-state index in [4.69, 9.17) is 5.14 Å². The van der Waals surface area contributed by atoms with Crippen molar-refractivity contribution in [3.8, 4) is 0 Å². The number of primary sulfonamides is 1. The van der Waals surface area contributed by atoms with Crippen LogP contribution in [0.5, 0.6) is 0 Å². The number of sulfonamides is 1. The lowest BCUT2D eigenvalue weighted by Crippen LogP contribution is -2.12. The van der Waals surface area contributed by atoms with Crippen LogP contribution in [0.15, 0.2) is 41.3 Å². The number of carbonyl (C=O) groups is 1. The van der Waals surface area contributed by atoms with E-state index >= 15 is 0 Å². The van der Waals surface area contributed by atoms with Gasteiger partial charge in [-0.05, 0) is 43.7 Å². The molecule has 3 N–H and O–H groups in total. The molecule has 0 radical (unpaired) electrons. The lowest BCUT2D eigenvalue weighted by molar-refractivity contribution is -0.110. The van der Waals surface area contributed by atoms with Gasteiger partial charge in [-0.15, -0.1) is 0 Å². The van der Waals surface area contributed by atoms with Crippen molar-refractivity contribution in [2.45, 2.75) is 18.7 Å². The maximum absolute atomic E-state index is 12.2. The van der Waals surface area contributed by atoms with E-state index in [0.717, 1.165) is 16.7 Å². The van der Waals surface area contributed by atoms with Crippen LogP contribution in [0.25, 0.3) is 11.6 Å². The zero-order chi connectivity index (χ0) is 16.8. The molecule has 0 saturated carbocycles. The van der Waals surface area contributed by atoms with Crippen LogP contribution in [-0.4, -0.2) is 14.3 Å². The molecule has 6 heteroatoms. The summed E-state index contributed by atoms with van der Waals surface area (Å²) in [6, 6.07) is 10.3. The van der Waals surface area contributed by atoms with Crippen molar-refractivity contribution in [2.24, 2.45) is 5.14 Å². The number of hydrogen-bond acceptors (Lipinski definition) is 3. The maximum Gasteiger partial charge on any atom is 0.256 e. The average molecular weight is 328 g/mol. The molecule has 23 heavy (non-hydrogen) atoms. The van der Waals surface area contributed by atoms with Gasteiger partial charge in [0.1, 0.15) is 0 Å². The van der Waals surface area contributed by atoms with Gasteiger partial charge in [-0.25, -0.2) is 13.6 Å². The number of rotatable bonds is 2. The lowest BCUT2D eigenvalue weighted by atomic mass is 10.0. The largest absolute Gasteiger partial charge is 0.321 e. The minimum Gasteiger partial charge on any atom is -0.321 e. The molecule has 0 aromatic heterocycles. The van der Waals surface area contributed by atoms with Gasteiger partial charge >= 0.3 is 0 Å². The number of nitrogens with one attached hydrogen (secondary N) is 1. The number of benzene rings is 2. The molecule has 5 nitrogen and oxygen atoms in total. The summed E-state index contributed by atoms with van der Waals surface area (Å²) in [7, 11) is -3.82. The van der Waals surface area contributed by atoms with Crippen LogP contribution in [0.2, 0.25) is 0 Å². The first kappa shape index (κ1) is 15.5. The molecule has 2 aromatic rings. The fourth-order valence-electron chi connectivity index (χ4n) is 2.75. The lowest BCUT2D eigenvalue weighted by Gasteiger charge is -2.04. The van der Waals surface area contributed by atoms with Gasteiger partial charge in [0.15, 0.2) is 0 Å². The molecule has 1 heterocycles. The molecule has 1 amide bonds. The van der Waals surface area contributed by atoms with Gasteiger partial charge < -0.3 is 5.32 Å². The molecule has 0 unspecified atom stereocenters. The Hall–Kier alpha value is -2.44. The minimum atomic E-state index is -3.82. The zero-order valence-corrected chi connectivity index (χ0v) is 13.6. The molecule has 118 valence electrons. The van der Waals surface area contributed by atoms with Crippen molar-refractivity contribution in [1.82, 2.24) is 0 Å². The van der Waals surface area contributed by atoms with E-state index in [2.05, 4.69) is 5.32 Å². The predicted octanol–water partition coefficient (Wildman–Crippen LogP) is 2.44. The van der Waals surface area contributed by atoms with E-state index in [1.807, 2.05) is 32.0 Å². The predicted molar refractivity (Wildman–Crippen MR) is 90.2 cm³/mol. The second-order valence-electron chi connectivity index (χ2n) is 5.69. The Balaban J connectivity index is 2.15. The van der Waals surface area contributed by atoms with Crippen LogP contribution in [0.1, 0.15) is 22.3 Å². The van der Waals surface area contributed by atoms with Crippen molar-refractivity contribution >= 4 is 33.3 Å². The van der Waals surface area contributed by atoms with Crippen molar-refractivity contribution in [3.05, 3.63) is 58.7 Å². The van der Waals surface area contributed by atoms with Crippen LogP contribution >= 0.6 is 0 Å². The number of anilines is 1. The van der Waals surface area contributed by atoms with Crippen LogP contribution in [0, 0.1) is 13.8 Å². The minimum absolute atomic E-state index is 0.0147. The molecule has 0 fully saturated rings. The smallest absolute Gasteiger partial charge is 0.256 e. The fraction of sp³-hybridized carbons (Fsp3) is 0.118. The number of carbonyl (C=O) groups excluding carboxylic acids is 1. The first-order valence-corrected chi connectivity index (χ1v) is 8.57. The summed E-state index contributed by atoms with van der Waals surface area (Å²) >= 11 is 0. The Labute approximate surface area is 134 Å². The van der Waals surface area contributed by atoms with Crippen molar-refractivity contribution in [1.29, 1.82) is 0 Å². The highest BCUT2D eigenvalue weighted by molar-refractivity contribution is 7.89. The van der Waals surface area contributed by atoms with Crippen LogP contribution in [-0.2, 0) is 14.8 Å². The van der Waals surface area contributed by atoms with E-state index in [-0.39, 0.29) is 10.8 Å². The molecule has 0 saturated heterocycles. The average Bonchev–Trinajstić information content (AvgIpc) is 2.72. The number of amides is 1. The molecular weight excluding hydrogens is 312 g/mol. The number of fused-ring (bicyclic) bond motifs is 1. The number of nitrogens with two attached hydrogens (primary N) is 1. The highest BCUT2D eigenvalue weighted by Crippen LogP contribution is 2.34. The molecule has 0 spiro atoms. The van der Waals surface area contributed by atoms with E-state index < -0.39 is 10.0 Å². The number of hydrogen-bond donors (Lipinski definition) is 2. The third-order valence-electron chi connectivity index (χ3n) is 3.66. The molecule has 1 aliphatic rings. The van der Waals surface area contributed by atoms with Crippen molar-refractivity contribution < 1.29 is 13.2 Å². The summed E-state index contributed by atoms with van der Waals surface area (Å²) < 4.78 is 23.0. The second-order valence-corrected chi connectivity index (χ2v) is 7.25. The highest BCUT2D eigenvalue weighted by Gasteiger charge is 2.25. The maximum atomic E-state index is 12.2. The third-order valence-corrected chi connectivity index (χ3v) is 4.57. The fourth-order valence-corrected chi connectivity index (χ4v) is 3.29. The summed E-state index contributed by atoms with van der Waals surface area (Å²) in [4.78, 5) is 12.2. The summed E-state index contributed by atoms with van der Waals surface area (Å²) in [5.41, 5.74) is 4.62. The monoisotopic (exact) mass is 328 g/mol.